The van der Waals surface area contributed by atoms with E-state index in [9.17, 15) is 9.59 Å². The van der Waals surface area contributed by atoms with Crippen molar-refractivity contribution in [3.8, 4) is 0 Å². The Morgan fingerprint density at radius 2 is 1.24 bits per heavy atom. The highest BCUT2D eigenvalue weighted by Crippen LogP contribution is 2.29. The van der Waals surface area contributed by atoms with Crippen molar-refractivity contribution in [2.24, 2.45) is 0 Å². The van der Waals surface area contributed by atoms with Gasteiger partial charge in [-0.05, 0) is 12.8 Å². The molecule has 0 aromatic rings. The fourth-order valence-corrected chi connectivity index (χ4v) is 1.94. The molecular formula is C11H16Cl6N2O2. The molecule has 0 atom stereocenters. The molecule has 124 valence electrons. The minimum absolute atomic E-state index is 0.166. The summed E-state index contributed by atoms with van der Waals surface area (Å²) in [6.45, 7) is 0.951. The summed E-state index contributed by atoms with van der Waals surface area (Å²) in [6.07, 6.45) is 3.15. The number of carbonyl (C=O) groups excluding carboxylic acids is 2. The van der Waals surface area contributed by atoms with E-state index in [-0.39, 0.29) is 12.3 Å². The summed E-state index contributed by atoms with van der Waals surface area (Å²) in [6, 6.07) is 0. The predicted octanol–water partition coefficient (Wildman–Crippen LogP) is 3.91. The van der Waals surface area contributed by atoms with Crippen LogP contribution in [0.15, 0.2) is 0 Å². The lowest BCUT2D eigenvalue weighted by Crippen LogP contribution is -2.35. The number of nitrogens with one attached hydrogen (secondary N) is 2. The van der Waals surface area contributed by atoms with Crippen molar-refractivity contribution in [2.75, 3.05) is 13.1 Å². The summed E-state index contributed by atoms with van der Waals surface area (Å²) < 4.78 is -3.49. The topological polar surface area (TPSA) is 58.2 Å². The van der Waals surface area contributed by atoms with Crippen LogP contribution < -0.4 is 10.6 Å². The lowest BCUT2D eigenvalue weighted by Gasteiger charge is -2.11. The maximum atomic E-state index is 11.3. The molecule has 21 heavy (non-hydrogen) atoms. The Hall–Kier alpha value is 0.680. The molecule has 0 radical (unpaired) electrons. The number of rotatable bonds is 8. The zero-order chi connectivity index (χ0) is 16.5. The third kappa shape index (κ3) is 14.0. The molecule has 0 saturated heterocycles. The molecule has 2 amide bonds. The number of hydrogen-bond donors (Lipinski definition) is 2. The van der Waals surface area contributed by atoms with Crippen LogP contribution in [0.3, 0.4) is 0 Å². The van der Waals surface area contributed by atoms with Crippen molar-refractivity contribution in [2.45, 2.75) is 39.7 Å². The van der Waals surface area contributed by atoms with Crippen LogP contribution in [0, 0.1) is 0 Å². The van der Waals surface area contributed by atoms with Crippen LogP contribution >= 0.6 is 69.6 Å². The van der Waals surface area contributed by atoms with Gasteiger partial charge in [0.15, 0.2) is 3.79 Å². The van der Waals surface area contributed by atoms with Gasteiger partial charge in [0.25, 0.3) is 9.70 Å². The van der Waals surface area contributed by atoms with Crippen LogP contribution in [0.25, 0.3) is 0 Å². The van der Waals surface area contributed by atoms with E-state index < -0.39 is 13.5 Å². The van der Waals surface area contributed by atoms with Gasteiger partial charge in [0, 0.05) is 13.1 Å². The lowest BCUT2D eigenvalue weighted by atomic mass is 10.2. The van der Waals surface area contributed by atoms with E-state index in [1.54, 1.807) is 0 Å². The van der Waals surface area contributed by atoms with Gasteiger partial charge >= 0.3 is 0 Å². The Balaban J connectivity index is 3.46. The zero-order valence-electron chi connectivity index (χ0n) is 11.0. The second kappa shape index (κ2) is 10.5. The van der Waals surface area contributed by atoms with Gasteiger partial charge in [-0.1, -0.05) is 82.4 Å². The fourth-order valence-electron chi connectivity index (χ4n) is 1.38. The van der Waals surface area contributed by atoms with Crippen LogP contribution in [0.4, 0.5) is 0 Å². The molecule has 0 aromatic heterocycles. The molecule has 0 unspecified atom stereocenters. The molecule has 0 saturated carbocycles. The molecule has 4 nitrogen and oxygen atoms in total. The molecule has 0 bridgehead atoms. The quantitative estimate of drug-likeness (QED) is 0.462. The van der Waals surface area contributed by atoms with Crippen molar-refractivity contribution in [1.29, 1.82) is 0 Å². The van der Waals surface area contributed by atoms with Gasteiger partial charge in [0.2, 0.25) is 5.91 Å². The van der Waals surface area contributed by atoms with Crippen LogP contribution in [0.2, 0.25) is 0 Å². The molecule has 0 rings (SSSR count). The first kappa shape index (κ1) is 21.7. The minimum Gasteiger partial charge on any atom is -0.356 e. The highest BCUT2D eigenvalue weighted by Gasteiger charge is 2.29. The van der Waals surface area contributed by atoms with Crippen molar-refractivity contribution >= 4 is 81.4 Å². The number of alkyl halides is 6. The standard InChI is InChI=1S/C11H16Cl6N2O2/c12-10(13,14)7-8(20)18-5-3-1-2-4-6-19-9(21)11(15,16)17/h1-7H2,(H,18,20)(H,19,21). The minimum atomic E-state index is -1.92. The van der Waals surface area contributed by atoms with Crippen LogP contribution in [0.1, 0.15) is 32.1 Å². The number of hydrogen-bond acceptors (Lipinski definition) is 2. The monoisotopic (exact) mass is 418 g/mol. The van der Waals surface area contributed by atoms with Crippen LogP contribution in [-0.2, 0) is 9.59 Å². The fraction of sp³-hybridized carbons (Fsp3) is 0.818. The Labute approximate surface area is 154 Å². The van der Waals surface area contributed by atoms with Crippen molar-refractivity contribution in [3.63, 3.8) is 0 Å². The van der Waals surface area contributed by atoms with Gasteiger partial charge < -0.3 is 10.6 Å². The van der Waals surface area contributed by atoms with E-state index in [0.29, 0.717) is 13.1 Å². The Morgan fingerprint density at radius 1 is 0.762 bits per heavy atom. The molecule has 0 aliphatic rings. The molecule has 0 heterocycles. The Kier molecular flexibility index (Phi) is 10.8. The predicted molar refractivity (Wildman–Crippen MR) is 89.7 cm³/mol. The molecule has 10 heteroatoms. The van der Waals surface area contributed by atoms with E-state index in [0.717, 1.165) is 25.7 Å². The highest BCUT2D eigenvalue weighted by atomic mass is 35.6. The number of carbonyl (C=O) groups is 2. The first-order valence-corrected chi connectivity index (χ1v) is 8.47. The molecule has 0 aliphatic heterocycles. The summed E-state index contributed by atoms with van der Waals surface area (Å²) in [5.74, 6) is -0.934. The van der Waals surface area contributed by atoms with E-state index in [4.69, 9.17) is 69.6 Å². The summed E-state index contributed by atoms with van der Waals surface area (Å²) >= 11 is 32.6. The summed E-state index contributed by atoms with van der Waals surface area (Å²) in [4.78, 5) is 22.5. The summed E-state index contributed by atoms with van der Waals surface area (Å²) in [7, 11) is 0. The number of amides is 2. The van der Waals surface area contributed by atoms with Gasteiger partial charge in [0.05, 0.1) is 6.42 Å². The average Bonchev–Trinajstić information content (AvgIpc) is 2.28. The molecule has 0 spiro atoms. The third-order valence-electron chi connectivity index (χ3n) is 2.33. The second-order valence-electron chi connectivity index (χ2n) is 4.31. The van der Waals surface area contributed by atoms with Gasteiger partial charge in [-0.15, -0.1) is 0 Å². The van der Waals surface area contributed by atoms with Gasteiger partial charge in [-0.25, -0.2) is 0 Å². The average molecular weight is 421 g/mol. The van der Waals surface area contributed by atoms with Crippen LogP contribution in [-0.4, -0.2) is 32.5 Å². The molecular weight excluding hydrogens is 405 g/mol. The van der Waals surface area contributed by atoms with Crippen molar-refractivity contribution < 1.29 is 9.59 Å². The largest absolute Gasteiger partial charge is 0.356 e. The molecule has 0 aromatic carbocycles. The lowest BCUT2D eigenvalue weighted by molar-refractivity contribution is -0.121. The third-order valence-corrected chi connectivity index (χ3v) is 3.25. The SMILES string of the molecule is O=C(CC(Cl)(Cl)Cl)NCCCCCCNC(=O)C(Cl)(Cl)Cl. The van der Waals surface area contributed by atoms with Gasteiger partial charge in [-0.3, -0.25) is 9.59 Å². The van der Waals surface area contributed by atoms with E-state index in [1.807, 2.05) is 0 Å². The molecule has 2 N–H and O–H groups in total. The van der Waals surface area contributed by atoms with E-state index in [2.05, 4.69) is 10.6 Å². The summed E-state index contributed by atoms with van der Waals surface area (Å²) in [5, 5.41) is 5.16. The Morgan fingerprint density at radius 3 is 1.67 bits per heavy atom. The number of halogens is 6. The highest BCUT2D eigenvalue weighted by molar-refractivity contribution is 6.76. The smallest absolute Gasteiger partial charge is 0.272 e. The van der Waals surface area contributed by atoms with Gasteiger partial charge in [0.1, 0.15) is 0 Å². The normalized spacial score (nSPS) is 12.1. The molecule has 0 fully saturated rings. The van der Waals surface area contributed by atoms with E-state index in [1.165, 1.54) is 0 Å². The maximum absolute atomic E-state index is 11.3. The first-order valence-electron chi connectivity index (χ1n) is 6.21. The Bertz CT molecular complexity index is 341. The zero-order valence-corrected chi connectivity index (χ0v) is 15.6. The van der Waals surface area contributed by atoms with Crippen LogP contribution in [0.5, 0.6) is 0 Å². The van der Waals surface area contributed by atoms with Crippen molar-refractivity contribution in [1.82, 2.24) is 10.6 Å². The van der Waals surface area contributed by atoms with Gasteiger partial charge in [-0.2, -0.15) is 0 Å². The summed E-state index contributed by atoms with van der Waals surface area (Å²) in [5.41, 5.74) is 0. The number of unbranched alkanes of at least 4 members (excludes halogenated alkanes) is 3. The first-order chi connectivity index (χ1) is 9.52. The second-order valence-corrected chi connectivity index (χ2v) is 9.11. The van der Waals surface area contributed by atoms with E-state index >= 15 is 0 Å². The van der Waals surface area contributed by atoms with Crippen molar-refractivity contribution in [3.05, 3.63) is 0 Å². The molecule has 0 aliphatic carbocycles. The maximum Gasteiger partial charge on any atom is 0.272 e.